The number of aromatic nitrogens is 1. The number of ether oxygens (including phenoxy) is 1. The molecule has 1 rings (SSSR count). The van der Waals surface area contributed by atoms with Crippen LogP contribution in [0.5, 0.6) is 0 Å². The predicted octanol–water partition coefficient (Wildman–Crippen LogP) is 0.694. The predicted molar refractivity (Wildman–Crippen MR) is 57.5 cm³/mol. The largest absolute Gasteiger partial charge is 0.468 e. The van der Waals surface area contributed by atoms with Gasteiger partial charge in [-0.3, -0.25) is 9.78 Å². The second kappa shape index (κ2) is 5.46. The van der Waals surface area contributed by atoms with E-state index in [-0.39, 0.29) is 12.0 Å². The van der Waals surface area contributed by atoms with E-state index in [0.717, 1.165) is 11.3 Å². The Labute approximate surface area is 89.7 Å². The summed E-state index contributed by atoms with van der Waals surface area (Å²) >= 11 is 0. The highest BCUT2D eigenvalue weighted by Crippen LogP contribution is 2.04. The lowest BCUT2D eigenvalue weighted by molar-refractivity contribution is -0.142. The van der Waals surface area contributed by atoms with E-state index in [0.29, 0.717) is 6.42 Å². The van der Waals surface area contributed by atoms with Crippen molar-refractivity contribution in [2.75, 3.05) is 14.2 Å². The van der Waals surface area contributed by atoms with Crippen LogP contribution in [0.2, 0.25) is 0 Å². The van der Waals surface area contributed by atoms with E-state index in [9.17, 15) is 4.79 Å². The molecule has 0 aromatic carbocycles. The third-order valence-corrected chi connectivity index (χ3v) is 2.25. The van der Waals surface area contributed by atoms with Gasteiger partial charge in [0.05, 0.1) is 7.11 Å². The second-order valence-electron chi connectivity index (χ2n) is 3.38. The van der Waals surface area contributed by atoms with Gasteiger partial charge in [0.15, 0.2) is 0 Å². The SMILES string of the molecule is CN[C@@H](Cc1ccc(C)nc1)C(=O)OC. The van der Waals surface area contributed by atoms with E-state index in [1.54, 1.807) is 13.2 Å². The van der Waals surface area contributed by atoms with E-state index >= 15 is 0 Å². The number of rotatable bonds is 4. The van der Waals surface area contributed by atoms with Crippen molar-refractivity contribution < 1.29 is 9.53 Å². The fourth-order valence-electron chi connectivity index (χ4n) is 1.30. The zero-order valence-electron chi connectivity index (χ0n) is 9.28. The highest BCUT2D eigenvalue weighted by Gasteiger charge is 2.16. The van der Waals surface area contributed by atoms with Gasteiger partial charge in [-0.2, -0.15) is 0 Å². The Balaban J connectivity index is 2.66. The highest BCUT2D eigenvalue weighted by molar-refractivity contribution is 5.75. The third-order valence-electron chi connectivity index (χ3n) is 2.25. The number of nitrogens with zero attached hydrogens (tertiary/aromatic N) is 1. The van der Waals surface area contributed by atoms with Crippen LogP contribution in [-0.4, -0.2) is 31.2 Å². The maximum atomic E-state index is 11.3. The summed E-state index contributed by atoms with van der Waals surface area (Å²) in [6, 6.07) is 3.59. The molecule has 1 aromatic heterocycles. The first-order chi connectivity index (χ1) is 7.17. The normalized spacial score (nSPS) is 12.2. The molecule has 0 amide bonds. The Kier molecular flexibility index (Phi) is 4.24. The van der Waals surface area contributed by atoms with Gasteiger partial charge in [0, 0.05) is 11.9 Å². The molecule has 0 bridgehead atoms. The summed E-state index contributed by atoms with van der Waals surface area (Å²) in [4.78, 5) is 15.5. The number of nitrogens with one attached hydrogen (secondary N) is 1. The Morgan fingerprint density at radius 3 is 2.80 bits per heavy atom. The summed E-state index contributed by atoms with van der Waals surface area (Å²) in [6.45, 7) is 1.93. The number of pyridine rings is 1. The Hall–Kier alpha value is -1.42. The summed E-state index contributed by atoms with van der Waals surface area (Å²) < 4.78 is 4.68. The Morgan fingerprint density at radius 1 is 1.60 bits per heavy atom. The molecule has 0 unspecified atom stereocenters. The number of esters is 1. The van der Waals surface area contributed by atoms with Gasteiger partial charge in [-0.25, -0.2) is 0 Å². The molecule has 0 spiro atoms. The van der Waals surface area contributed by atoms with Crippen molar-refractivity contribution in [3.8, 4) is 0 Å². The van der Waals surface area contributed by atoms with E-state index in [2.05, 4.69) is 15.0 Å². The maximum Gasteiger partial charge on any atom is 0.323 e. The number of carbonyl (C=O) groups is 1. The first kappa shape index (κ1) is 11.7. The molecule has 0 radical (unpaired) electrons. The van der Waals surface area contributed by atoms with Gasteiger partial charge < -0.3 is 10.1 Å². The molecule has 15 heavy (non-hydrogen) atoms. The molecule has 0 aliphatic heterocycles. The minimum absolute atomic E-state index is 0.252. The summed E-state index contributed by atoms with van der Waals surface area (Å²) in [5.74, 6) is -0.252. The van der Waals surface area contributed by atoms with Crippen molar-refractivity contribution in [1.82, 2.24) is 10.3 Å². The van der Waals surface area contributed by atoms with Gasteiger partial charge in [0.2, 0.25) is 0 Å². The minimum Gasteiger partial charge on any atom is -0.468 e. The van der Waals surface area contributed by atoms with Gasteiger partial charge >= 0.3 is 5.97 Å². The topological polar surface area (TPSA) is 51.2 Å². The van der Waals surface area contributed by atoms with Crippen LogP contribution in [0.3, 0.4) is 0 Å². The standard InChI is InChI=1S/C11H16N2O2/c1-8-4-5-9(7-13-8)6-10(12-2)11(14)15-3/h4-5,7,10,12H,6H2,1-3H3/t10-/m0/s1. The summed E-state index contributed by atoms with van der Waals surface area (Å²) in [5.41, 5.74) is 1.99. The highest BCUT2D eigenvalue weighted by atomic mass is 16.5. The van der Waals surface area contributed by atoms with Crippen molar-refractivity contribution in [1.29, 1.82) is 0 Å². The van der Waals surface area contributed by atoms with Gasteiger partial charge in [-0.05, 0) is 32.0 Å². The van der Waals surface area contributed by atoms with Crippen molar-refractivity contribution in [2.45, 2.75) is 19.4 Å². The number of hydrogen-bond donors (Lipinski definition) is 1. The lowest BCUT2D eigenvalue weighted by Crippen LogP contribution is -2.36. The molecular weight excluding hydrogens is 192 g/mol. The van der Waals surface area contributed by atoms with E-state index in [1.807, 2.05) is 19.1 Å². The van der Waals surface area contributed by atoms with Crippen molar-refractivity contribution >= 4 is 5.97 Å². The molecule has 1 heterocycles. The lowest BCUT2D eigenvalue weighted by Gasteiger charge is -2.13. The van der Waals surface area contributed by atoms with Crippen LogP contribution in [0.1, 0.15) is 11.3 Å². The van der Waals surface area contributed by atoms with Crippen LogP contribution in [0.25, 0.3) is 0 Å². The second-order valence-corrected chi connectivity index (χ2v) is 3.38. The minimum atomic E-state index is -0.306. The van der Waals surface area contributed by atoms with Crippen LogP contribution in [0, 0.1) is 6.92 Å². The fourth-order valence-corrected chi connectivity index (χ4v) is 1.30. The molecule has 4 heteroatoms. The number of likely N-dealkylation sites (N-methyl/N-ethyl adjacent to an activating group) is 1. The molecule has 0 saturated heterocycles. The molecule has 0 fully saturated rings. The fraction of sp³-hybridized carbons (Fsp3) is 0.455. The van der Waals surface area contributed by atoms with E-state index < -0.39 is 0 Å². The van der Waals surface area contributed by atoms with Crippen LogP contribution < -0.4 is 5.32 Å². The third kappa shape index (κ3) is 3.32. The molecule has 82 valence electrons. The van der Waals surface area contributed by atoms with Gasteiger partial charge in [-0.1, -0.05) is 6.07 Å². The zero-order valence-corrected chi connectivity index (χ0v) is 9.28. The molecular formula is C11H16N2O2. The van der Waals surface area contributed by atoms with Crippen molar-refractivity contribution in [3.05, 3.63) is 29.6 Å². The lowest BCUT2D eigenvalue weighted by atomic mass is 10.1. The van der Waals surface area contributed by atoms with Crippen molar-refractivity contribution in [3.63, 3.8) is 0 Å². The number of carbonyl (C=O) groups excluding carboxylic acids is 1. The van der Waals surface area contributed by atoms with Crippen LogP contribution in [-0.2, 0) is 16.0 Å². The molecule has 0 saturated carbocycles. The van der Waals surface area contributed by atoms with Crippen LogP contribution in [0.4, 0.5) is 0 Å². The average molecular weight is 208 g/mol. The summed E-state index contributed by atoms with van der Waals surface area (Å²) in [6.07, 6.45) is 2.37. The maximum absolute atomic E-state index is 11.3. The molecule has 1 N–H and O–H groups in total. The quantitative estimate of drug-likeness (QED) is 0.740. The molecule has 4 nitrogen and oxygen atoms in total. The van der Waals surface area contributed by atoms with E-state index in [4.69, 9.17) is 0 Å². The molecule has 1 aromatic rings. The van der Waals surface area contributed by atoms with Crippen LogP contribution in [0.15, 0.2) is 18.3 Å². The number of aryl methyl sites for hydroxylation is 1. The van der Waals surface area contributed by atoms with Crippen molar-refractivity contribution in [2.24, 2.45) is 0 Å². The summed E-state index contributed by atoms with van der Waals surface area (Å²) in [5, 5.41) is 2.91. The molecule has 0 aliphatic carbocycles. The first-order valence-corrected chi connectivity index (χ1v) is 4.84. The van der Waals surface area contributed by atoms with Crippen LogP contribution >= 0.6 is 0 Å². The Morgan fingerprint density at radius 2 is 2.33 bits per heavy atom. The van der Waals surface area contributed by atoms with Gasteiger partial charge in [0.25, 0.3) is 0 Å². The Bertz CT molecular complexity index is 322. The average Bonchev–Trinajstić information content (AvgIpc) is 2.27. The number of hydrogen-bond acceptors (Lipinski definition) is 4. The number of methoxy groups -OCH3 is 1. The summed E-state index contributed by atoms with van der Waals surface area (Å²) in [7, 11) is 3.13. The van der Waals surface area contributed by atoms with Gasteiger partial charge in [0.1, 0.15) is 6.04 Å². The molecule has 1 atom stereocenters. The monoisotopic (exact) mass is 208 g/mol. The zero-order chi connectivity index (χ0) is 11.3. The van der Waals surface area contributed by atoms with Gasteiger partial charge in [-0.15, -0.1) is 0 Å². The van der Waals surface area contributed by atoms with E-state index in [1.165, 1.54) is 7.11 Å². The molecule has 0 aliphatic rings. The smallest absolute Gasteiger partial charge is 0.323 e. The first-order valence-electron chi connectivity index (χ1n) is 4.84.